The third-order valence-electron chi connectivity index (χ3n) is 3.21. The quantitative estimate of drug-likeness (QED) is 0.589. The minimum atomic E-state index is -0.288. The Kier molecular flexibility index (Phi) is 5.43. The molecule has 0 unspecified atom stereocenters. The van der Waals surface area contributed by atoms with Gasteiger partial charge in [-0.25, -0.2) is 9.48 Å². The molecular formula is C16H16ClN7O. The zero-order chi connectivity index (χ0) is 17.5. The van der Waals surface area contributed by atoms with Gasteiger partial charge in [-0.05, 0) is 42.5 Å². The van der Waals surface area contributed by atoms with E-state index in [1.54, 1.807) is 47.4 Å². The van der Waals surface area contributed by atoms with Gasteiger partial charge in [0.05, 0.1) is 0 Å². The molecule has 3 N–H and O–H groups in total. The van der Waals surface area contributed by atoms with Crippen LogP contribution in [0.2, 0.25) is 5.02 Å². The van der Waals surface area contributed by atoms with Gasteiger partial charge in [0.1, 0.15) is 5.82 Å². The van der Waals surface area contributed by atoms with Crippen molar-refractivity contribution in [2.24, 2.45) is 0 Å². The SMILES string of the molecule is O=C(NCCNc1ccc(-n2cccn2)nn1)Nc1ccc(Cl)cc1. The van der Waals surface area contributed by atoms with Crippen molar-refractivity contribution in [3.8, 4) is 5.82 Å². The minimum absolute atomic E-state index is 0.288. The molecule has 0 aliphatic heterocycles. The van der Waals surface area contributed by atoms with Crippen LogP contribution in [0.25, 0.3) is 5.82 Å². The van der Waals surface area contributed by atoms with E-state index in [9.17, 15) is 4.79 Å². The molecular weight excluding hydrogens is 342 g/mol. The second-order valence-corrected chi connectivity index (χ2v) is 5.48. The summed E-state index contributed by atoms with van der Waals surface area (Å²) >= 11 is 5.80. The third kappa shape index (κ3) is 4.92. The molecule has 0 aliphatic rings. The number of hydrogen-bond donors (Lipinski definition) is 3. The largest absolute Gasteiger partial charge is 0.367 e. The Bertz CT molecular complexity index is 804. The van der Waals surface area contributed by atoms with Crippen molar-refractivity contribution < 1.29 is 4.79 Å². The molecule has 9 heteroatoms. The Labute approximate surface area is 149 Å². The number of nitrogens with one attached hydrogen (secondary N) is 3. The van der Waals surface area contributed by atoms with Crippen molar-refractivity contribution in [3.63, 3.8) is 0 Å². The summed E-state index contributed by atoms with van der Waals surface area (Å²) in [7, 11) is 0. The van der Waals surface area contributed by atoms with Gasteiger partial charge in [-0.15, -0.1) is 10.2 Å². The normalized spacial score (nSPS) is 10.3. The number of nitrogens with zero attached hydrogens (tertiary/aromatic N) is 4. The second-order valence-electron chi connectivity index (χ2n) is 5.04. The Morgan fingerprint density at radius 1 is 1.08 bits per heavy atom. The van der Waals surface area contributed by atoms with Crippen LogP contribution in [-0.4, -0.2) is 39.1 Å². The molecule has 2 amide bonds. The summed E-state index contributed by atoms with van der Waals surface area (Å²) in [6.07, 6.45) is 3.47. The van der Waals surface area contributed by atoms with Crippen molar-refractivity contribution in [1.82, 2.24) is 25.3 Å². The fourth-order valence-electron chi connectivity index (χ4n) is 2.02. The fraction of sp³-hybridized carbons (Fsp3) is 0.125. The zero-order valence-corrected chi connectivity index (χ0v) is 13.9. The predicted molar refractivity (Wildman–Crippen MR) is 96.1 cm³/mol. The number of benzene rings is 1. The minimum Gasteiger partial charge on any atom is -0.367 e. The number of amides is 2. The van der Waals surface area contributed by atoms with Crippen LogP contribution in [0.1, 0.15) is 0 Å². The van der Waals surface area contributed by atoms with Crippen molar-refractivity contribution in [3.05, 3.63) is 59.9 Å². The maximum atomic E-state index is 11.8. The smallest absolute Gasteiger partial charge is 0.319 e. The molecule has 0 aliphatic carbocycles. The summed E-state index contributed by atoms with van der Waals surface area (Å²) in [6.45, 7) is 0.950. The summed E-state index contributed by atoms with van der Waals surface area (Å²) in [5, 5.41) is 21.4. The monoisotopic (exact) mass is 357 g/mol. The van der Waals surface area contributed by atoms with E-state index < -0.39 is 0 Å². The summed E-state index contributed by atoms with van der Waals surface area (Å²) in [6, 6.07) is 12.0. The number of carbonyl (C=O) groups is 1. The highest BCUT2D eigenvalue weighted by atomic mass is 35.5. The van der Waals surface area contributed by atoms with Gasteiger partial charge in [-0.3, -0.25) is 0 Å². The highest BCUT2D eigenvalue weighted by molar-refractivity contribution is 6.30. The second kappa shape index (κ2) is 8.11. The van der Waals surface area contributed by atoms with Crippen molar-refractivity contribution >= 4 is 29.1 Å². The van der Waals surface area contributed by atoms with E-state index in [1.807, 2.05) is 12.1 Å². The van der Waals surface area contributed by atoms with Crippen LogP contribution in [-0.2, 0) is 0 Å². The topological polar surface area (TPSA) is 96.8 Å². The van der Waals surface area contributed by atoms with E-state index in [0.717, 1.165) is 0 Å². The van der Waals surface area contributed by atoms with Crippen molar-refractivity contribution in [2.75, 3.05) is 23.7 Å². The van der Waals surface area contributed by atoms with Gasteiger partial charge in [0, 0.05) is 36.2 Å². The third-order valence-corrected chi connectivity index (χ3v) is 3.46. The molecule has 0 atom stereocenters. The lowest BCUT2D eigenvalue weighted by molar-refractivity contribution is 0.252. The van der Waals surface area contributed by atoms with Gasteiger partial charge < -0.3 is 16.0 Å². The molecule has 3 rings (SSSR count). The van der Waals surface area contributed by atoms with E-state index >= 15 is 0 Å². The molecule has 0 fully saturated rings. The fourth-order valence-corrected chi connectivity index (χ4v) is 2.15. The average Bonchev–Trinajstić information content (AvgIpc) is 3.16. The number of halogens is 1. The van der Waals surface area contributed by atoms with E-state index in [4.69, 9.17) is 11.6 Å². The Hall–Kier alpha value is -3.13. The van der Waals surface area contributed by atoms with Crippen LogP contribution >= 0.6 is 11.6 Å². The lowest BCUT2D eigenvalue weighted by Crippen LogP contribution is -2.32. The van der Waals surface area contributed by atoms with E-state index in [2.05, 4.69) is 31.2 Å². The van der Waals surface area contributed by atoms with Gasteiger partial charge in [-0.1, -0.05) is 11.6 Å². The molecule has 1 aromatic carbocycles. The van der Waals surface area contributed by atoms with Gasteiger partial charge in [0.2, 0.25) is 0 Å². The maximum absolute atomic E-state index is 11.8. The van der Waals surface area contributed by atoms with E-state index in [-0.39, 0.29) is 6.03 Å². The molecule has 2 heterocycles. The van der Waals surface area contributed by atoms with E-state index in [0.29, 0.717) is 35.4 Å². The zero-order valence-electron chi connectivity index (χ0n) is 13.2. The van der Waals surface area contributed by atoms with Crippen molar-refractivity contribution in [2.45, 2.75) is 0 Å². The Morgan fingerprint density at radius 3 is 2.60 bits per heavy atom. The van der Waals surface area contributed by atoms with E-state index in [1.165, 1.54) is 0 Å². The number of carbonyl (C=O) groups excluding carboxylic acids is 1. The average molecular weight is 358 g/mol. The number of anilines is 2. The van der Waals surface area contributed by atoms with Crippen LogP contribution in [0.15, 0.2) is 54.9 Å². The number of urea groups is 1. The number of aromatic nitrogens is 4. The van der Waals surface area contributed by atoms with Crippen LogP contribution in [0, 0.1) is 0 Å². The van der Waals surface area contributed by atoms with Gasteiger partial charge in [0.25, 0.3) is 0 Å². The molecule has 25 heavy (non-hydrogen) atoms. The molecule has 0 spiro atoms. The Morgan fingerprint density at radius 2 is 1.92 bits per heavy atom. The lowest BCUT2D eigenvalue weighted by Gasteiger charge is -2.09. The highest BCUT2D eigenvalue weighted by Gasteiger charge is 2.02. The summed E-state index contributed by atoms with van der Waals surface area (Å²) in [4.78, 5) is 11.8. The van der Waals surface area contributed by atoms with Crippen LogP contribution < -0.4 is 16.0 Å². The maximum Gasteiger partial charge on any atom is 0.319 e. The molecule has 0 bridgehead atoms. The first-order valence-corrected chi connectivity index (χ1v) is 7.96. The summed E-state index contributed by atoms with van der Waals surface area (Å²) < 4.78 is 1.62. The van der Waals surface area contributed by atoms with Crippen molar-refractivity contribution in [1.29, 1.82) is 0 Å². The molecule has 128 valence electrons. The molecule has 2 aromatic heterocycles. The van der Waals surface area contributed by atoms with Gasteiger partial charge >= 0.3 is 6.03 Å². The summed E-state index contributed by atoms with van der Waals surface area (Å²) in [5.74, 6) is 1.26. The first-order chi connectivity index (χ1) is 12.2. The predicted octanol–water partition coefficient (Wildman–Crippen LogP) is 2.55. The number of rotatable bonds is 6. The molecule has 0 saturated carbocycles. The molecule has 8 nitrogen and oxygen atoms in total. The van der Waals surface area contributed by atoms with Crippen LogP contribution in [0.3, 0.4) is 0 Å². The lowest BCUT2D eigenvalue weighted by atomic mass is 10.3. The summed E-state index contributed by atoms with van der Waals surface area (Å²) in [5.41, 5.74) is 0.676. The Balaban J connectivity index is 1.39. The number of hydrogen-bond acceptors (Lipinski definition) is 5. The van der Waals surface area contributed by atoms with Crippen LogP contribution in [0.4, 0.5) is 16.3 Å². The van der Waals surface area contributed by atoms with Gasteiger partial charge in [0.15, 0.2) is 5.82 Å². The highest BCUT2D eigenvalue weighted by Crippen LogP contribution is 2.13. The first kappa shape index (κ1) is 16.7. The van der Waals surface area contributed by atoms with Crippen LogP contribution in [0.5, 0.6) is 0 Å². The molecule has 0 saturated heterocycles. The molecule has 0 radical (unpaired) electrons. The molecule has 3 aromatic rings. The first-order valence-electron chi connectivity index (χ1n) is 7.59. The standard InChI is InChI=1S/C16H16ClN7O/c17-12-2-4-13(5-3-12)21-16(25)19-10-9-18-14-6-7-15(23-22-14)24-11-1-8-20-24/h1-8,11H,9-10H2,(H,18,22)(H2,19,21,25). The van der Waals surface area contributed by atoms with Gasteiger partial charge in [-0.2, -0.15) is 5.10 Å².